The van der Waals surface area contributed by atoms with Gasteiger partial charge in [-0.3, -0.25) is 9.10 Å². The standard InChI is InChI=1S/C19H21N3O4S/c1-14-8-9-18(26-2)16(12-14)21-19(23)10-11-22(27(3,24)25)17-7-5-4-6-15(17)13-20/h4-9,12H,10-11H2,1-3H3,(H,21,23). The molecular weight excluding hydrogens is 366 g/mol. The molecule has 1 amide bonds. The monoisotopic (exact) mass is 387 g/mol. The van der Waals surface area contributed by atoms with Crippen LogP contribution in [0.3, 0.4) is 0 Å². The number of benzene rings is 2. The number of nitrogens with zero attached hydrogens (tertiary/aromatic N) is 2. The van der Waals surface area contributed by atoms with Crippen molar-refractivity contribution in [3.05, 3.63) is 53.6 Å². The number of carbonyl (C=O) groups is 1. The van der Waals surface area contributed by atoms with Crippen LogP contribution in [0, 0.1) is 18.3 Å². The predicted molar refractivity (Wildman–Crippen MR) is 104 cm³/mol. The smallest absolute Gasteiger partial charge is 0.232 e. The Labute approximate surface area is 159 Å². The van der Waals surface area contributed by atoms with Gasteiger partial charge >= 0.3 is 0 Å². The summed E-state index contributed by atoms with van der Waals surface area (Å²) in [5.74, 6) is 0.158. The summed E-state index contributed by atoms with van der Waals surface area (Å²) in [4.78, 5) is 12.4. The number of hydrogen-bond donors (Lipinski definition) is 1. The van der Waals surface area contributed by atoms with Crippen molar-refractivity contribution >= 4 is 27.3 Å². The minimum Gasteiger partial charge on any atom is -0.495 e. The van der Waals surface area contributed by atoms with E-state index in [-0.39, 0.29) is 30.1 Å². The van der Waals surface area contributed by atoms with Gasteiger partial charge in [-0.15, -0.1) is 0 Å². The van der Waals surface area contributed by atoms with E-state index in [4.69, 9.17) is 4.74 Å². The average Bonchev–Trinajstić information content (AvgIpc) is 2.61. The Balaban J connectivity index is 2.18. The average molecular weight is 387 g/mol. The largest absolute Gasteiger partial charge is 0.495 e. The minimum atomic E-state index is -3.66. The molecule has 1 N–H and O–H groups in total. The molecule has 0 saturated heterocycles. The Morgan fingerprint density at radius 1 is 1.26 bits per heavy atom. The number of nitriles is 1. The Morgan fingerprint density at radius 2 is 1.96 bits per heavy atom. The number of para-hydroxylation sites is 1. The fourth-order valence-electron chi connectivity index (χ4n) is 2.59. The van der Waals surface area contributed by atoms with Gasteiger partial charge in [0.25, 0.3) is 0 Å². The second-order valence-electron chi connectivity index (χ2n) is 5.97. The van der Waals surface area contributed by atoms with Crippen molar-refractivity contribution < 1.29 is 17.9 Å². The van der Waals surface area contributed by atoms with Gasteiger partial charge in [-0.05, 0) is 36.8 Å². The molecule has 0 spiro atoms. The molecule has 2 aromatic carbocycles. The highest BCUT2D eigenvalue weighted by molar-refractivity contribution is 7.92. The van der Waals surface area contributed by atoms with Crippen LogP contribution in [0.4, 0.5) is 11.4 Å². The Bertz CT molecular complexity index is 981. The summed E-state index contributed by atoms with van der Waals surface area (Å²) in [5, 5.41) is 12.0. The van der Waals surface area contributed by atoms with Gasteiger partial charge in [-0.2, -0.15) is 5.26 Å². The summed E-state index contributed by atoms with van der Waals surface area (Å²) in [5.41, 5.74) is 1.95. The SMILES string of the molecule is COc1ccc(C)cc1NC(=O)CCN(c1ccccc1C#N)S(C)(=O)=O. The molecule has 0 aliphatic carbocycles. The molecule has 7 nitrogen and oxygen atoms in total. The van der Waals surface area contributed by atoms with Crippen LogP contribution >= 0.6 is 0 Å². The van der Waals surface area contributed by atoms with Gasteiger partial charge in [0, 0.05) is 13.0 Å². The van der Waals surface area contributed by atoms with Gasteiger partial charge in [0.15, 0.2) is 0 Å². The fraction of sp³-hybridized carbons (Fsp3) is 0.263. The summed E-state index contributed by atoms with van der Waals surface area (Å²) < 4.78 is 30.7. The van der Waals surface area contributed by atoms with Crippen molar-refractivity contribution in [1.29, 1.82) is 5.26 Å². The van der Waals surface area contributed by atoms with Crippen LogP contribution in [-0.2, 0) is 14.8 Å². The number of sulfonamides is 1. The lowest BCUT2D eigenvalue weighted by atomic mass is 10.2. The zero-order valence-electron chi connectivity index (χ0n) is 15.4. The molecule has 0 atom stereocenters. The maximum absolute atomic E-state index is 12.4. The van der Waals surface area contributed by atoms with Crippen LogP contribution in [-0.4, -0.2) is 34.2 Å². The van der Waals surface area contributed by atoms with Crippen molar-refractivity contribution in [2.75, 3.05) is 29.5 Å². The van der Waals surface area contributed by atoms with E-state index in [1.807, 2.05) is 19.1 Å². The molecule has 0 bridgehead atoms. The molecule has 0 saturated carbocycles. The fourth-order valence-corrected chi connectivity index (χ4v) is 3.53. The van der Waals surface area contributed by atoms with Crippen LogP contribution in [0.25, 0.3) is 0 Å². The lowest BCUT2D eigenvalue weighted by Gasteiger charge is -2.23. The van der Waals surface area contributed by atoms with E-state index in [0.29, 0.717) is 11.4 Å². The Kier molecular flexibility index (Phi) is 6.42. The van der Waals surface area contributed by atoms with Crippen molar-refractivity contribution in [1.82, 2.24) is 0 Å². The van der Waals surface area contributed by atoms with E-state index in [0.717, 1.165) is 16.1 Å². The number of aryl methyl sites for hydroxylation is 1. The first-order valence-corrected chi connectivity index (χ1v) is 10.0. The summed E-state index contributed by atoms with van der Waals surface area (Å²) in [6, 6.07) is 13.7. The number of amides is 1. The minimum absolute atomic E-state index is 0.0794. The zero-order chi connectivity index (χ0) is 20.0. The molecule has 2 aromatic rings. The van der Waals surface area contributed by atoms with E-state index in [9.17, 15) is 18.5 Å². The number of anilines is 2. The predicted octanol–water partition coefficient (Wildman–Crippen LogP) is 2.67. The first-order chi connectivity index (χ1) is 12.8. The normalized spacial score (nSPS) is 10.7. The lowest BCUT2D eigenvalue weighted by molar-refractivity contribution is -0.116. The van der Waals surface area contributed by atoms with Crippen molar-refractivity contribution in [2.24, 2.45) is 0 Å². The summed E-state index contributed by atoms with van der Waals surface area (Å²) >= 11 is 0. The topological polar surface area (TPSA) is 99.5 Å². The maximum atomic E-state index is 12.4. The van der Waals surface area contributed by atoms with Gasteiger partial charge < -0.3 is 10.1 Å². The quantitative estimate of drug-likeness (QED) is 0.787. The van der Waals surface area contributed by atoms with Crippen molar-refractivity contribution in [3.63, 3.8) is 0 Å². The molecule has 0 heterocycles. The van der Waals surface area contributed by atoms with Crippen LogP contribution in [0.1, 0.15) is 17.5 Å². The highest BCUT2D eigenvalue weighted by Crippen LogP contribution is 2.26. The van der Waals surface area contributed by atoms with Crippen LogP contribution in [0.2, 0.25) is 0 Å². The summed E-state index contributed by atoms with van der Waals surface area (Å²) in [6.45, 7) is 1.80. The number of ether oxygens (including phenoxy) is 1. The van der Waals surface area contributed by atoms with Crippen molar-refractivity contribution in [2.45, 2.75) is 13.3 Å². The Hall–Kier alpha value is -3.05. The molecule has 0 aliphatic rings. The zero-order valence-corrected chi connectivity index (χ0v) is 16.2. The molecule has 27 heavy (non-hydrogen) atoms. The van der Waals surface area contributed by atoms with Gasteiger partial charge in [-0.25, -0.2) is 8.42 Å². The molecule has 0 fully saturated rings. The third kappa shape index (κ3) is 5.21. The number of rotatable bonds is 7. The molecule has 0 aromatic heterocycles. The third-order valence-electron chi connectivity index (χ3n) is 3.86. The van der Waals surface area contributed by atoms with Gasteiger partial charge in [0.2, 0.25) is 15.9 Å². The van der Waals surface area contributed by atoms with Crippen molar-refractivity contribution in [3.8, 4) is 11.8 Å². The van der Waals surface area contributed by atoms with Gasteiger partial charge in [0.05, 0.1) is 30.3 Å². The lowest BCUT2D eigenvalue weighted by Crippen LogP contribution is -2.33. The molecule has 0 unspecified atom stereocenters. The van der Waals surface area contributed by atoms with Gasteiger partial charge in [-0.1, -0.05) is 18.2 Å². The van der Waals surface area contributed by atoms with Crippen LogP contribution < -0.4 is 14.4 Å². The van der Waals surface area contributed by atoms with E-state index in [2.05, 4.69) is 5.32 Å². The number of nitrogens with one attached hydrogen (secondary N) is 1. The first kappa shape index (κ1) is 20.3. The second-order valence-corrected chi connectivity index (χ2v) is 7.87. The molecule has 0 aliphatic heterocycles. The maximum Gasteiger partial charge on any atom is 0.232 e. The number of carbonyl (C=O) groups excluding carboxylic acids is 1. The molecule has 142 valence electrons. The van der Waals surface area contributed by atoms with Gasteiger partial charge in [0.1, 0.15) is 11.8 Å². The highest BCUT2D eigenvalue weighted by Gasteiger charge is 2.21. The third-order valence-corrected chi connectivity index (χ3v) is 5.04. The second kappa shape index (κ2) is 8.56. The Morgan fingerprint density at radius 3 is 2.59 bits per heavy atom. The summed E-state index contributed by atoms with van der Waals surface area (Å²) in [6.07, 6.45) is 0.965. The molecule has 2 rings (SSSR count). The first-order valence-electron chi connectivity index (χ1n) is 8.17. The highest BCUT2D eigenvalue weighted by atomic mass is 32.2. The van der Waals surface area contributed by atoms with E-state index >= 15 is 0 Å². The molecular formula is C19H21N3O4S. The van der Waals surface area contributed by atoms with Crippen LogP contribution in [0.15, 0.2) is 42.5 Å². The number of methoxy groups -OCH3 is 1. The summed E-state index contributed by atoms with van der Waals surface area (Å²) in [7, 11) is -2.16. The van der Waals surface area contributed by atoms with E-state index in [1.54, 1.807) is 30.3 Å². The van der Waals surface area contributed by atoms with E-state index < -0.39 is 10.0 Å². The van der Waals surface area contributed by atoms with Crippen LogP contribution in [0.5, 0.6) is 5.75 Å². The van der Waals surface area contributed by atoms with E-state index in [1.165, 1.54) is 13.2 Å². The molecule has 8 heteroatoms. The number of hydrogen-bond acceptors (Lipinski definition) is 5. The molecule has 0 radical (unpaired) electrons.